The highest BCUT2D eigenvalue weighted by atomic mass is 16.6. The number of phenolic OH excluding ortho intramolecular Hbond substituents is 1. The molecule has 16 heavy (non-hydrogen) atoms. The summed E-state index contributed by atoms with van der Waals surface area (Å²) in [4.78, 5) is 22.8. The van der Waals surface area contributed by atoms with E-state index in [0.29, 0.717) is 10.8 Å². The molecule has 0 saturated carbocycles. The largest absolute Gasteiger partial charge is 0.507 e. The Morgan fingerprint density at radius 2 is 1.69 bits per heavy atom. The van der Waals surface area contributed by atoms with Crippen LogP contribution in [-0.2, 0) is 4.74 Å². The lowest BCUT2D eigenvalue weighted by Gasteiger charge is -2.02. The Morgan fingerprint density at radius 1 is 1.00 bits per heavy atom. The maximum atomic E-state index is 11.5. The zero-order valence-electron chi connectivity index (χ0n) is 8.06. The summed E-state index contributed by atoms with van der Waals surface area (Å²) in [6, 6.07) is 8.47. The van der Waals surface area contributed by atoms with Crippen LogP contribution in [-0.4, -0.2) is 17.0 Å². The normalized spacial score (nSPS) is 14.0. The van der Waals surface area contributed by atoms with Crippen LogP contribution in [0.3, 0.4) is 0 Å². The van der Waals surface area contributed by atoms with Gasteiger partial charge in [0, 0.05) is 0 Å². The minimum Gasteiger partial charge on any atom is -0.507 e. The van der Waals surface area contributed by atoms with Crippen LogP contribution in [0, 0.1) is 0 Å². The van der Waals surface area contributed by atoms with Gasteiger partial charge in [0.1, 0.15) is 11.3 Å². The van der Waals surface area contributed by atoms with Gasteiger partial charge < -0.3 is 9.84 Å². The summed E-state index contributed by atoms with van der Waals surface area (Å²) in [5.41, 5.74) is 0.115. The Kier molecular flexibility index (Phi) is 1.57. The zero-order chi connectivity index (χ0) is 11.3. The summed E-state index contributed by atoms with van der Waals surface area (Å²) in [5, 5.41) is 11.0. The molecule has 1 aliphatic rings. The van der Waals surface area contributed by atoms with E-state index in [0.717, 1.165) is 0 Å². The maximum Gasteiger partial charge on any atom is 0.350 e. The number of carbonyl (C=O) groups excluding carboxylic acids is 2. The van der Waals surface area contributed by atoms with E-state index in [2.05, 4.69) is 4.74 Å². The van der Waals surface area contributed by atoms with E-state index in [1.54, 1.807) is 24.3 Å². The Labute approximate surface area is 90.1 Å². The molecule has 2 aromatic carbocycles. The fraction of sp³-hybridized carbons (Fsp3) is 0. The standard InChI is InChI=1S/C12H6O4/c13-8-5-6-3-1-2-4-7(6)9-10(8)12(15)16-11(9)14/h1-5,13H. The van der Waals surface area contributed by atoms with Crippen LogP contribution in [0.5, 0.6) is 5.75 Å². The van der Waals surface area contributed by atoms with E-state index >= 15 is 0 Å². The highest BCUT2D eigenvalue weighted by molar-refractivity contribution is 6.22. The molecule has 0 fully saturated rings. The van der Waals surface area contributed by atoms with Gasteiger partial charge in [-0.2, -0.15) is 0 Å². The van der Waals surface area contributed by atoms with Crippen LogP contribution in [0.4, 0.5) is 0 Å². The lowest BCUT2D eigenvalue weighted by atomic mass is 9.99. The van der Waals surface area contributed by atoms with Crippen molar-refractivity contribution in [1.82, 2.24) is 0 Å². The second-order valence-corrected chi connectivity index (χ2v) is 3.54. The molecular formula is C12H6O4. The molecule has 1 aliphatic heterocycles. The van der Waals surface area contributed by atoms with Gasteiger partial charge in [0.2, 0.25) is 0 Å². The number of esters is 2. The van der Waals surface area contributed by atoms with E-state index in [1.807, 2.05) is 0 Å². The van der Waals surface area contributed by atoms with Crippen molar-refractivity contribution in [2.45, 2.75) is 0 Å². The molecule has 2 aromatic rings. The van der Waals surface area contributed by atoms with Crippen molar-refractivity contribution in [3.05, 3.63) is 41.5 Å². The van der Waals surface area contributed by atoms with E-state index < -0.39 is 11.9 Å². The van der Waals surface area contributed by atoms with Gasteiger partial charge in [-0.3, -0.25) is 0 Å². The molecule has 0 saturated heterocycles. The molecule has 0 spiro atoms. The molecule has 1 heterocycles. The Hall–Kier alpha value is -2.36. The number of fused-ring (bicyclic) bond motifs is 3. The summed E-state index contributed by atoms with van der Waals surface area (Å²) in [6.07, 6.45) is 0. The smallest absolute Gasteiger partial charge is 0.350 e. The second kappa shape index (κ2) is 2.82. The molecule has 0 bridgehead atoms. The second-order valence-electron chi connectivity index (χ2n) is 3.54. The number of carbonyl (C=O) groups is 2. The number of hydrogen-bond donors (Lipinski definition) is 1. The van der Waals surface area contributed by atoms with Crippen molar-refractivity contribution >= 4 is 22.7 Å². The number of cyclic esters (lactones) is 2. The number of benzene rings is 2. The fourth-order valence-corrected chi connectivity index (χ4v) is 1.94. The first-order chi connectivity index (χ1) is 7.68. The van der Waals surface area contributed by atoms with Gasteiger partial charge in [-0.05, 0) is 16.8 Å². The van der Waals surface area contributed by atoms with Crippen LogP contribution in [0.15, 0.2) is 30.3 Å². The molecule has 1 N–H and O–H groups in total. The van der Waals surface area contributed by atoms with Crippen molar-refractivity contribution in [2.24, 2.45) is 0 Å². The topological polar surface area (TPSA) is 63.6 Å². The first-order valence-corrected chi connectivity index (χ1v) is 4.69. The van der Waals surface area contributed by atoms with E-state index in [1.165, 1.54) is 6.07 Å². The van der Waals surface area contributed by atoms with Crippen molar-refractivity contribution in [3.63, 3.8) is 0 Å². The van der Waals surface area contributed by atoms with Gasteiger partial charge in [0.25, 0.3) is 0 Å². The number of phenols is 1. The average molecular weight is 214 g/mol. The van der Waals surface area contributed by atoms with Crippen molar-refractivity contribution in [2.75, 3.05) is 0 Å². The summed E-state index contributed by atoms with van der Waals surface area (Å²) in [6.45, 7) is 0. The van der Waals surface area contributed by atoms with Gasteiger partial charge in [-0.1, -0.05) is 24.3 Å². The summed E-state index contributed by atoms with van der Waals surface area (Å²) < 4.78 is 4.48. The first-order valence-electron chi connectivity index (χ1n) is 4.69. The third kappa shape index (κ3) is 0.982. The molecule has 0 atom stereocenters. The number of aromatic hydroxyl groups is 1. The van der Waals surface area contributed by atoms with Gasteiger partial charge in [0.05, 0.1) is 5.56 Å². The van der Waals surface area contributed by atoms with E-state index in [-0.39, 0.29) is 16.9 Å². The fourth-order valence-electron chi connectivity index (χ4n) is 1.94. The highest BCUT2D eigenvalue weighted by Crippen LogP contribution is 2.34. The van der Waals surface area contributed by atoms with Gasteiger partial charge in [-0.15, -0.1) is 0 Å². The quantitative estimate of drug-likeness (QED) is 0.537. The van der Waals surface area contributed by atoms with Gasteiger partial charge in [-0.25, -0.2) is 9.59 Å². The molecule has 4 nitrogen and oxygen atoms in total. The van der Waals surface area contributed by atoms with Crippen molar-refractivity contribution in [1.29, 1.82) is 0 Å². The Bertz CT molecular complexity index is 643. The molecule has 0 aromatic heterocycles. The minimum atomic E-state index is -0.789. The Balaban J connectivity index is 2.54. The molecule has 4 heteroatoms. The molecule has 0 unspecified atom stereocenters. The van der Waals surface area contributed by atoms with E-state index in [4.69, 9.17) is 0 Å². The molecule has 0 radical (unpaired) electrons. The maximum absolute atomic E-state index is 11.5. The van der Waals surface area contributed by atoms with Crippen molar-refractivity contribution < 1.29 is 19.4 Å². The summed E-state index contributed by atoms with van der Waals surface area (Å²) in [7, 11) is 0. The van der Waals surface area contributed by atoms with Crippen LogP contribution in [0.25, 0.3) is 10.8 Å². The Morgan fingerprint density at radius 3 is 2.50 bits per heavy atom. The average Bonchev–Trinajstić information content (AvgIpc) is 2.55. The first kappa shape index (κ1) is 8.91. The van der Waals surface area contributed by atoms with Crippen LogP contribution < -0.4 is 0 Å². The third-order valence-electron chi connectivity index (χ3n) is 2.62. The van der Waals surface area contributed by atoms with Gasteiger partial charge in [0.15, 0.2) is 0 Å². The third-order valence-corrected chi connectivity index (χ3v) is 2.62. The number of rotatable bonds is 0. The molecular weight excluding hydrogens is 208 g/mol. The van der Waals surface area contributed by atoms with Crippen LogP contribution >= 0.6 is 0 Å². The van der Waals surface area contributed by atoms with E-state index in [9.17, 15) is 14.7 Å². The monoisotopic (exact) mass is 214 g/mol. The molecule has 3 rings (SSSR count). The van der Waals surface area contributed by atoms with Gasteiger partial charge >= 0.3 is 11.9 Å². The molecule has 0 aliphatic carbocycles. The zero-order valence-corrected chi connectivity index (χ0v) is 8.06. The van der Waals surface area contributed by atoms with Crippen LogP contribution in [0.2, 0.25) is 0 Å². The lowest BCUT2D eigenvalue weighted by molar-refractivity contribution is 0.0444. The number of ether oxygens (including phenoxy) is 1. The lowest BCUT2D eigenvalue weighted by Crippen LogP contribution is -1.97. The molecule has 0 amide bonds. The predicted molar refractivity (Wildman–Crippen MR) is 55.4 cm³/mol. The SMILES string of the molecule is O=C1OC(=O)c2c1c(O)cc1ccccc21. The highest BCUT2D eigenvalue weighted by Gasteiger charge is 2.34. The molecule has 78 valence electrons. The minimum absolute atomic E-state index is 0.0382. The summed E-state index contributed by atoms with van der Waals surface area (Å²) >= 11 is 0. The predicted octanol–water partition coefficient (Wildman–Crippen LogP) is 1.86. The van der Waals surface area contributed by atoms with Crippen LogP contribution in [0.1, 0.15) is 20.7 Å². The summed E-state index contributed by atoms with van der Waals surface area (Å²) in [5.74, 6) is -1.71. The number of hydrogen-bond acceptors (Lipinski definition) is 4. The van der Waals surface area contributed by atoms with Crippen molar-refractivity contribution in [3.8, 4) is 5.75 Å².